The normalized spacial score (nSPS) is 13.2. The average Bonchev–Trinajstić information content (AvgIpc) is 1.67. The van der Waals surface area contributed by atoms with Crippen molar-refractivity contribution in [3.8, 4) is 0 Å². The summed E-state index contributed by atoms with van der Waals surface area (Å²) >= 11 is 4.10. The van der Waals surface area contributed by atoms with Crippen LogP contribution in [0.15, 0.2) is 0 Å². The second-order valence-electron chi connectivity index (χ2n) is 1.28. The van der Waals surface area contributed by atoms with E-state index in [0.717, 1.165) is 10.8 Å². The van der Waals surface area contributed by atoms with Crippen molar-refractivity contribution in [3.05, 3.63) is 0 Å². The lowest BCUT2D eigenvalue weighted by Crippen LogP contribution is -2.12. The predicted molar refractivity (Wildman–Crippen MR) is 48.9 cm³/mol. The lowest BCUT2D eigenvalue weighted by molar-refractivity contribution is -0.135. The van der Waals surface area contributed by atoms with Crippen molar-refractivity contribution in [1.82, 2.24) is 0 Å². The molecule has 0 rings (SSSR count). The third-order valence-electron chi connectivity index (χ3n) is 0.631. The lowest BCUT2D eigenvalue weighted by Gasteiger charge is -1.97. The fraction of sp³-hybridized carbons (Fsp3) is 0.750. The number of carboxylic acids is 1. The van der Waals surface area contributed by atoms with Crippen molar-refractivity contribution >= 4 is 51.2 Å². The highest BCUT2D eigenvalue weighted by molar-refractivity contribution is 14.1. The van der Waals surface area contributed by atoms with E-state index in [1.54, 1.807) is 0 Å². The number of hydrogen-bond donors (Lipinski definition) is 1. The van der Waals surface area contributed by atoms with Gasteiger partial charge in [-0.25, -0.2) is 0 Å². The van der Waals surface area contributed by atoms with E-state index in [1.807, 2.05) is 22.6 Å². The first-order valence-electron chi connectivity index (χ1n) is 2.11. The van der Waals surface area contributed by atoms with Crippen LogP contribution in [0.2, 0.25) is 0 Å². The summed E-state index contributed by atoms with van der Waals surface area (Å²) in [5, 5.41) is 8.30. The van der Waals surface area contributed by atoms with Gasteiger partial charge in [0, 0.05) is 4.43 Å². The van der Waals surface area contributed by atoms with Crippen LogP contribution in [0, 0.1) is 0 Å². The number of carbonyl (C=O) groups is 1. The molecule has 48 valence electrons. The molecule has 0 bridgehead atoms. The summed E-state index contributed by atoms with van der Waals surface area (Å²) < 4.78 is 0.710. The molecule has 0 heterocycles. The van der Waals surface area contributed by atoms with E-state index in [2.05, 4.69) is 22.6 Å². The molecule has 0 aliphatic heterocycles. The Balaban J connectivity index is 3.32. The molecule has 1 atom stereocenters. The Kier molecular flexibility index (Phi) is 5.33. The maximum absolute atomic E-state index is 10.1. The van der Waals surface area contributed by atoms with Crippen LogP contribution in [0.5, 0.6) is 0 Å². The van der Waals surface area contributed by atoms with Crippen LogP contribution in [0.4, 0.5) is 0 Å². The van der Waals surface area contributed by atoms with E-state index >= 15 is 0 Å². The van der Waals surface area contributed by atoms with Gasteiger partial charge >= 0.3 is 5.97 Å². The molecule has 1 N–H and O–H groups in total. The molecule has 0 aliphatic rings. The maximum atomic E-state index is 10.1. The number of hydrogen-bond acceptors (Lipinski definition) is 1. The highest BCUT2D eigenvalue weighted by Crippen LogP contribution is 2.07. The zero-order valence-electron chi connectivity index (χ0n) is 4.10. The van der Waals surface area contributed by atoms with Crippen molar-refractivity contribution < 1.29 is 9.90 Å². The summed E-state index contributed by atoms with van der Waals surface area (Å²) in [5.41, 5.74) is 0. The largest absolute Gasteiger partial charge is 0.480 e. The number of alkyl halides is 2. The number of rotatable bonds is 3. The molecule has 8 heavy (non-hydrogen) atoms. The molecule has 0 saturated heterocycles. The van der Waals surface area contributed by atoms with Gasteiger partial charge in [0.05, 0.1) is 0 Å². The topological polar surface area (TPSA) is 37.3 Å². The Hall–Kier alpha value is 0.930. The first kappa shape index (κ1) is 8.93. The summed E-state index contributed by atoms with van der Waals surface area (Å²) in [4.78, 5) is 10.1. The van der Waals surface area contributed by atoms with E-state index in [-0.39, 0.29) is 3.92 Å². The third kappa shape index (κ3) is 3.88. The van der Waals surface area contributed by atoms with Crippen molar-refractivity contribution in [3.63, 3.8) is 0 Å². The van der Waals surface area contributed by atoms with E-state index in [4.69, 9.17) is 5.11 Å². The molecule has 0 amide bonds. The molecule has 1 unspecified atom stereocenters. The second kappa shape index (κ2) is 4.78. The van der Waals surface area contributed by atoms with Crippen LogP contribution < -0.4 is 0 Å². The van der Waals surface area contributed by atoms with E-state index in [9.17, 15) is 4.79 Å². The number of aliphatic carboxylic acids is 1. The molecule has 0 aromatic heterocycles. The molecule has 0 aromatic rings. The molecule has 4 heteroatoms. The van der Waals surface area contributed by atoms with Gasteiger partial charge in [-0.15, -0.1) is 0 Å². The highest BCUT2D eigenvalue weighted by Gasteiger charge is 2.09. The molecule has 2 nitrogen and oxygen atoms in total. The summed E-state index contributed by atoms with van der Waals surface area (Å²) in [5.74, 6) is -0.706. The molecule has 0 fully saturated rings. The van der Waals surface area contributed by atoms with Crippen molar-refractivity contribution in [2.24, 2.45) is 0 Å². The van der Waals surface area contributed by atoms with Crippen LogP contribution in [0.3, 0.4) is 0 Å². The Bertz CT molecular complexity index is 84.1. The Labute approximate surface area is 75.3 Å². The minimum atomic E-state index is -0.706. The Morgan fingerprint density at radius 2 is 2.25 bits per heavy atom. The molecule has 0 aromatic carbocycles. The standard InChI is InChI=1S/C4H6I2O2/c5-2-1-3(6)4(7)8/h3H,1-2H2,(H,7,8). The van der Waals surface area contributed by atoms with Crippen molar-refractivity contribution in [1.29, 1.82) is 0 Å². The Morgan fingerprint density at radius 3 is 2.38 bits per heavy atom. The lowest BCUT2D eigenvalue weighted by atomic mass is 10.3. The van der Waals surface area contributed by atoms with Gasteiger partial charge in [-0.3, -0.25) is 4.79 Å². The van der Waals surface area contributed by atoms with Gasteiger partial charge in [0.25, 0.3) is 0 Å². The Morgan fingerprint density at radius 1 is 1.75 bits per heavy atom. The third-order valence-corrected chi connectivity index (χ3v) is 2.41. The SMILES string of the molecule is O=C(O)C(I)CCI. The predicted octanol–water partition coefficient (Wildman–Crippen LogP) is 1.70. The summed E-state index contributed by atoms with van der Waals surface area (Å²) in [6.45, 7) is 0. The van der Waals surface area contributed by atoms with Crippen molar-refractivity contribution in [2.75, 3.05) is 4.43 Å². The summed E-state index contributed by atoms with van der Waals surface area (Å²) in [6.07, 6.45) is 0.760. The molecular formula is C4H6I2O2. The quantitative estimate of drug-likeness (QED) is 0.627. The minimum absolute atomic E-state index is 0.204. The highest BCUT2D eigenvalue weighted by atomic mass is 127. The van der Waals surface area contributed by atoms with Gasteiger partial charge in [-0.1, -0.05) is 45.2 Å². The molecule has 0 aliphatic carbocycles. The second-order valence-corrected chi connectivity index (χ2v) is 3.87. The summed E-state index contributed by atoms with van der Waals surface area (Å²) in [7, 11) is 0. The molecule has 0 spiro atoms. The van der Waals surface area contributed by atoms with Gasteiger partial charge in [-0.05, 0) is 6.42 Å². The van der Waals surface area contributed by atoms with Gasteiger partial charge in [0.15, 0.2) is 0 Å². The van der Waals surface area contributed by atoms with Crippen LogP contribution in [-0.4, -0.2) is 19.4 Å². The van der Waals surface area contributed by atoms with Gasteiger partial charge in [0.2, 0.25) is 0 Å². The molecular weight excluding hydrogens is 334 g/mol. The molecule has 0 saturated carbocycles. The first-order valence-corrected chi connectivity index (χ1v) is 4.88. The summed E-state index contributed by atoms with van der Waals surface area (Å²) in [6, 6.07) is 0. The van der Waals surface area contributed by atoms with Gasteiger partial charge in [-0.2, -0.15) is 0 Å². The van der Waals surface area contributed by atoms with Gasteiger partial charge in [0.1, 0.15) is 3.92 Å². The minimum Gasteiger partial charge on any atom is -0.480 e. The number of halogens is 2. The maximum Gasteiger partial charge on any atom is 0.316 e. The average molecular weight is 340 g/mol. The van der Waals surface area contributed by atoms with E-state index in [1.165, 1.54) is 0 Å². The smallest absolute Gasteiger partial charge is 0.316 e. The zero-order valence-corrected chi connectivity index (χ0v) is 8.42. The monoisotopic (exact) mass is 340 g/mol. The van der Waals surface area contributed by atoms with Crippen LogP contribution >= 0.6 is 45.2 Å². The number of carboxylic acid groups (broad SMARTS) is 1. The van der Waals surface area contributed by atoms with E-state index < -0.39 is 5.97 Å². The van der Waals surface area contributed by atoms with Crippen LogP contribution in [-0.2, 0) is 4.79 Å². The fourth-order valence-corrected chi connectivity index (χ4v) is 2.35. The first-order chi connectivity index (χ1) is 3.68. The zero-order chi connectivity index (χ0) is 6.57. The van der Waals surface area contributed by atoms with Crippen LogP contribution in [0.1, 0.15) is 6.42 Å². The van der Waals surface area contributed by atoms with Crippen LogP contribution in [0.25, 0.3) is 0 Å². The van der Waals surface area contributed by atoms with Gasteiger partial charge < -0.3 is 5.11 Å². The molecule has 0 radical (unpaired) electrons. The fourth-order valence-electron chi connectivity index (χ4n) is 0.219. The van der Waals surface area contributed by atoms with E-state index in [0.29, 0.717) is 0 Å². The van der Waals surface area contributed by atoms with Crippen molar-refractivity contribution in [2.45, 2.75) is 10.3 Å².